The maximum absolute atomic E-state index is 12.8. The first-order chi connectivity index (χ1) is 13.6. The Kier molecular flexibility index (Phi) is 6.22. The smallest absolute Gasteiger partial charge is 0.278 e. The Labute approximate surface area is 169 Å². The van der Waals surface area contributed by atoms with Gasteiger partial charge in [-0.2, -0.15) is 0 Å². The molecule has 0 radical (unpaired) electrons. The van der Waals surface area contributed by atoms with E-state index in [4.69, 9.17) is 4.74 Å². The van der Waals surface area contributed by atoms with E-state index in [0.717, 1.165) is 57.9 Å². The molecule has 1 aromatic carbocycles. The number of quaternary nitrogens is 2. The summed E-state index contributed by atoms with van der Waals surface area (Å²) in [4.78, 5) is 15.9. The molecule has 4 rings (SSSR count). The zero-order chi connectivity index (χ0) is 19.5. The molecule has 3 aliphatic rings. The number of carbonyl (C=O) groups excluding carboxylic acids is 1. The van der Waals surface area contributed by atoms with E-state index >= 15 is 0 Å². The Morgan fingerprint density at radius 2 is 2.00 bits per heavy atom. The number of hydrogen-bond donors (Lipinski definition) is 3. The van der Waals surface area contributed by atoms with Gasteiger partial charge in [0, 0.05) is 18.0 Å². The molecule has 2 fully saturated rings. The third-order valence-electron chi connectivity index (χ3n) is 7.25. The van der Waals surface area contributed by atoms with E-state index in [1.54, 1.807) is 4.90 Å². The van der Waals surface area contributed by atoms with Gasteiger partial charge in [-0.15, -0.1) is 0 Å². The lowest BCUT2D eigenvalue weighted by molar-refractivity contribution is -1.02. The topological polar surface area (TPSA) is 47.2 Å². The van der Waals surface area contributed by atoms with Gasteiger partial charge in [-0.25, -0.2) is 0 Å². The summed E-state index contributed by atoms with van der Waals surface area (Å²) in [6.07, 6.45) is 6.02. The van der Waals surface area contributed by atoms with Gasteiger partial charge in [-0.05, 0) is 49.4 Å². The summed E-state index contributed by atoms with van der Waals surface area (Å²) in [7, 11) is 0. The fourth-order valence-electron chi connectivity index (χ4n) is 5.20. The number of nitrogens with one attached hydrogen (secondary N) is 3. The second kappa shape index (κ2) is 8.83. The van der Waals surface area contributed by atoms with Crippen molar-refractivity contribution in [3.8, 4) is 5.75 Å². The molecule has 2 aliphatic heterocycles. The monoisotopic (exact) mass is 387 g/mol. The van der Waals surface area contributed by atoms with Gasteiger partial charge >= 0.3 is 0 Å². The van der Waals surface area contributed by atoms with Crippen molar-refractivity contribution in [1.29, 1.82) is 0 Å². The lowest BCUT2D eigenvalue weighted by atomic mass is 9.86. The van der Waals surface area contributed by atoms with E-state index in [1.165, 1.54) is 35.3 Å². The number of fused-ring (bicyclic) bond motifs is 1. The Balaban J connectivity index is 1.24. The number of rotatable bonds is 5. The van der Waals surface area contributed by atoms with Crippen LogP contribution in [0.5, 0.6) is 5.75 Å². The molecule has 1 saturated carbocycles. The van der Waals surface area contributed by atoms with Crippen molar-refractivity contribution in [2.75, 3.05) is 32.8 Å². The van der Waals surface area contributed by atoms with Crippen LogP contribution in [0, 0.1) is 5.92 Å². The highest BCUT2D eigenvalue weighted by atomic mass is 16.5. The number of carbonyl (C=O) groups is 1. The summed E-state index contributed by atoms with van der Waals surface area (Å²) < 4.78 is 5.62. The van der Waals surface area contributed by atoms with Gasteiger partial charge in [0.1, 0.15) is 38.5 Å². The van der Waals surface area contributed by atoms with Crippen molar-refractivity contribution in [2.24, 2.45) is 5.92 Å². The third kappa shape index (κ3) is 4.52. The van der Waals surface area contributed by atoms with Gasteiger partial charge in [-0.3, -0.25) is 4.79 Å². The molecule has 1 aromatic rings. The van der Waals surface area contributed by atoms with Crippen LogP contribution in [0.4, 0.5) is 0 Å². The minimum absolute atomic E-state index is 0.0628. The quantitative estimate of drug-likeness (QED) is 0.666. The Hall–Kier alpha value is -1.59. The second-order valence-corrected chi connectivity index (χ2v) is 9.22. The van der Waals surface area contributed by atoms with Crippen LogP contribution in [0.25, 0.3) is 0 Å². The molecular formula is C23H37N3O2+2. The SMILES string of the molecule is C[C@@H]1CCCC[C@H]1NC(=O)[C@@H](C)[NH+]1CC[NH+](Cc2ccc3c(c2)CCO3)CC1. The molecule has 5 nitrogen and oxygen atoms in total. The van der Waals surface area contributed by atoms with Gasteiger partial charge in [0.2, 0.25) is 0 Å². The van der Waals surface area contributed by atoms with Crippen LogP contribution in [0.15, 0.2) is 18.2 Å². The molecule has 0 aromatic heterocycles. The van der Waals surface area contributed by atoms with Crippen LogP contribution in [-0.4, -0.2) is 50.8 Å². The summed E-state index contributed by atoms with van der Waals surface area (Å²) in [5.41, 5.74) is 2.78. The Bertz CT molecular complexity index is 684. The number of benzene rings is 1. The Morgan fingerprint density at radius 3 is 2.79 bits per heavy atom. The zero-order valence-electron chi connectivity index (χ0n) is 17.6. The van der Waals surface area contributed by atoms with Crippen LogP contribution in [0.2, 0.25) is 0 Å². The lowest BCUT2D eigenvalue weighted by Crippen LogP contribution is -3.29. The summed E-state index contributed by atoms with van der Waals surface area (Å²) >= 11 is 0. The number of ether oxygens (including phenoxy) is 1. The van der Waals surface area contributed by atoms with Gasteiger partial charge in [0.05, 0.1) is 6.61 Å². The summed E-state index contributed by atoms with van der Waals surface area (Å²) in [6.45, 7) is 10.8. The minimum Gasteiger partial charge on any atom is -0.493 e. The van der Waals surface area contributed by atoms with Crippen LogP contribution >= 0.6 is 0 Å². The standard InChI is InChI=1S/C23H35N3O2/c1-17-5-3-4-6-21(17)24-23(27)18(2)26-12-10-25(11-13-26)16-19-7-8-22-20(15-19)9-14-28-22/h7-8,15,17-18,21H,3-6,9-14,16H2,1-2H3,(H,24,27)/p+2/t17-,18-,21-/m1/s1. The first kappa shape index (κ1) is 19.7. The van der Waals surface area contributed by atoms with Crippen LogP contribution < -0.4 is 19.9 Å². The number of hydrogen-bond acceptors (Lipinski definition) is 2. The maximum Gasteiger partial charge on any atom is 0.278 e. The van der Waals surface area contributed by atoms with Crippen LogP contribution in [-0.2, 0) is 17.8 Å². The molecule has 1 saturated heterocycles. The van der Waals surface area contributed by atoms with Gasteiger partial charge in [0.25, 0.3) is 5.91 Å². The molecule has 3 atom stereocenters. The van der Waals surface area contributed by atoms with E-state index in [1.807, 2.05) is 0 Å². The van der Waals surface area contributed by atoms with E-state index < -0.39 is 0 Å². The minimum atomic E-state index is 0.0628. The average molecular weight is 388 g/mol. The van der Waals surface area contributed by atoms with E-state index in [0.29, 0.717) is 12.0 Å². The second-order valence-electron chi connectivity index (χ2n) is 9.22. The first-order valence-corrected chi connectivity index (χ1v) is 11.3. The molecule has 5 heteroatoms. The fourth-order valence-corrected chi connectivity index (χ4v) is 5.20. The van der Waals surface area contributed by atoms with Gasteiger partial charge < -0.3 is 19.9 Å². The molecule has 3 N–H and O–H groups in total. The predicted octanol–water partition coefficient (Wildman–Crippen LogP) is -0.0117. The van der Waals surface area contributed by atoms with E-state index in [9.17, 15) is 4.79 Å². The molecule has 28 heavy (non-hydrogen) atoms. The van der Waals surface area contributed by atoms with Crippen molar-refractivity contribution < 1.29 is 19.3 Å². The van der Waals surface area contributed by atoms with Crippen molar-refractivity contribution in [3.05, 3.63) is 29.3 Å². The van der Waals surface area contributed by atoms with E-state index in [2.05, 4.69) is 37.4 Å². The largest absolute Gasteiger partial charge is 0.493 e. The van der Waals surface area contributed by atoms with Crippen LogP contribution in [0.1, 0.15) is 50.7 Å². The Morgan fingerprint density at radius 1 is 1.21 bits per heavy atom. The zero-order valence-corrected chi connectivity index (χ0v) is 17.6. The highest BCUT2D eigenvalue weighted by Gasteiger charge is 2.33. The predicted molar refractivity (Wildman–Crippen MR) is 110 cm³/mol. The highest BCUT2D eigenvalue weighted by molar-refractivity contribution is 5.80. The molecule has 1 amide bonds. The summed E-state index contributed by atoms with van der Waals surface area (Å²) in [6, 6.07) is 7.14. The molecular weight excluding hydrogens is 350 g/mol. The van der Waals surface area contributed by atoms with Crippen molar-refractivity contribution in [1.82, 2.24) is 5.32 Å². The lowest BCUT2D eigenvalue weighted by Gasteiger charge is -2.35. The van der Waals surface area contributed by atoms with Crippen LogP contribution in [0.3, 0.4) is 0 Å². The van der Waals surface area contributed by atoms with Crippen molar-refractivity contribution >= 4 is 5.91 Å². The molecule has 1 aliphatic carbocycles. The third-order valence-corrected chi connectivity index (χ3v) is 7.25. The normalized spacial score (nSPS) is 30.9. The number of piperazine rings is 1. The molecule has 0 unspecified atom stereocenters. The summed E-state index contributed by atoms with van der Waals surface area (Å²) in [5.74, 6) is 1.95. The van der Waals surface area contributed by atoms with Crippen molar-refractivity contribution in [2.45, 2.75) is 64.6 Å². The maximum atomic E-state index is 12.8. The summed E-state index contributed by atoms with van der Waals surface area (Å²) in [5, 5.41) is 3.36. The molecule has 0 bridgehead atoms. The fraction of sp³-hybridized carbons (Fsp3) is 0.696. The molecule has 0 spiro atoms. The van der Waals surface area contributed by atoms with Gasteiger partial charge in [0.15, 0.2) is 6.04 Å². The average Bonchev–Trinajstić information content (AvgIpc) is 3.17. The first-order valence-electron chi connectivity index (χ1n) is 11.3. The highest BCUT2D eigenvalue weighted by Crippen LogP contribution is 2.25. The van der Waals surface area contributed by atoms with Gasteiger partial charge in [-0.1, -0.05) is 19.8 Å². The number of amides is 1. The molecule has 154 valence electrons. The van der Waals surface area contributed by atoms with E-state index in [-0.39, 0.29) is 11.9 Å². The molecule has 2 heterocycles. The van der Waals surface area contributed by atoms with Crippen molar-refractivity contribution in [3.63, 3.8) is 0 Å².